The molecule has 8 heterocycles. The lowest BCUT2D eigenvalue weighted by Gasteiger charge is -2.23. The largest absolute Gasteiger partial charge is 0.490 e. The molecule has 8 aromatic rings. The number of nitrogens with two attached hydrogens (primary N) is 3. The van der Waals surface area contributed by atoms with Gasteiger partial charge in [-0.2, -0.15) is 19.9 Å². The van der Waals surface area contributed by atoms with E-state index in [-0.39, 0.29) is 23.3 Å². The molecule has 97 heavy (non-hydrogen) atoms. The van der Waals surface area contributed by atoms with E-state index in [0.717, 1.165) is 24.5 Å². The number of likely N-dealkylation sites (N-methyl/N-ethyl adjacent to an activating group) is 3. The summed E-state index contributed by atoms with van der Waals surface area (Å²) in [6.45, 7) is 20.1. The lowest BCUT2D eigenvalue weighted by molar-refractivity contribution is 0.283. The third-order valence-corrected chi connectivity index (χ3v) is 13.7. The summed E-state index contributed by atoms with van der Waals surface area (Å²) >= 11 is 10.3. The number of fused-ring (bicyclic) bond motifs is 8. The highest BCUT2D eigenvalue weighted by molar-refractivity contribution is 7.71. The number of ether oxygens (including phenoxy) is 8. The molecule has 4 aromatic heterocycles. The third-order valence-electron chi connectivity index (χ3n) is 13.0. The first kappa shape index (κ1) is 77.0. The Morgan fingerprint density at radius 2 is 0.794 bits per heavy atom. The van der Waals surface area contributed by atoms with E-state index in [1.54, 1.807) is 65.9 Å². The monoisotopic (exact) mass is 1370 g/mol. The van der Waals surface area contributed by atoms with Gasteiger partial charge >= 0.3 is 11.4 Å². The number of anilines is 8. The molecule has 0 fully saturated rings. The molecule has 0 saturated carbocycles. The molecule has 522 valence electrons. The average molecular weight is 1380 g/mol. The summed E-state index contributed by atoms with van der Waals surface area (Å²) in [5, 5.41) is 26.0. The van der Waals surface area contributed by atoms with E-state index in [1.807, 2.05) is 150 Å². The fourth-order valence-corrected chi connectivity index (χ4v) is 8.61. The zero-order chi connectivity index (χ0) is 71.3. The van der Waals surface area contributed by atoms with Crippen LogP contribution in [0.25, 0.3) is 0 Å². The standard InChI is InChI=1S/C15H18N6O3.C14H16N6O2S.C14H16N4O3.C14H16N4O2S.4C2H6/c1-20(14(16)17)6-7-23-9-4-3-5-10-12(9)18-13-11(24-10)8-21(2)15(22)19-13;1-20-7-10-12(19-14(20)23)18-11-8(3-2-4-9(11)22-10)21-6-5-17-13(15)16;1-15-6-7-20-9-4-3-5-10-12(9)16-13-11(21-10)8-18(2)14(19)17-13;1-15-6-7-19-9-4-3-5-10-12(9)16-13-11(20-10)8-18(2)14(21)17-13;4*1-2/h3-5,8H,6-7H2,1-2H3,(H3,16,17)(H,18,19,22);2-4,7H,5-6H2,1H3,(H4,15,16,17)(H,18,19,23);3-5,8,15H,6-7H2,1-2H3,(H,16,17,19);3-5,8,15H,6-7H2,1-2H3,(H,16,17,21);4*1-2H3. The normalized spacial score (nSPS) is 11.0. The van der Waals surface area contributed by atoms with E-state index in [1.165, 1.54) is 9.13 Å². The topological polar surface area (TPSA) is 369 Å². The highest BCUT2D eigenvalue weighted by Crippen LogP contribution is 2.49. The van der Waals surface area contributed by atoms with Crippen molar-refractivity contribution in [2.24, 2.45) is 50.4 Å². The van der Waals surface area contributed by atoms with E-state index in [4.69, 9.17) is 84.9 Å². The predicted molar refractivity (Wildman–Crippen MR) is 387 cm³/mol. The highest BCUT2D eigenvalue weighted by atomic mass is 32.1. The van der Waals surface area contributed by atoms with Crippen molar-refractivity contribution in [1.29, 1.82) is 5.41 Å². The molecule has 4 aromatic carbocycles. The van der Waals surface area contributed by atoms with Crippen molar-refractivity contribution < 1.29 is 37.9 Å². The van der Waals surface area contributed by atoms with Crippen LogP contribution in [0.3, 0.4) is 0 Å². The number of para-hydroxylation sites is 4. The van der Waals surface area contributed by atoms with Gasteiger partial charge in [-0.05, 0) is 87.1 Å². The number of aliphatic imine (C=N–C) groups is 1. The zero-order valence-electron chi connectivity index (χ0n) is 57.5. The van der Waals surface area contributed by atoms with Crippen molar-refractivity contribution in [2.45, 2.75) is 55.4 Å². The van der Waals surface area contributed by atoms with E-state index >= 15 is 0 Å². The molecule has 0 radical (unpaired) electrons. The van der Waals surface area contributed by atoms with Crippen molar-refractivity contribution in [3.63, 3.8) is 0 Å². The van der Waals surface area contributed by atoms with Crippen molar-refractivity contribution in [3.05, 3.63) is 128 Å². The summed E-state index contributed by atoms with van der Waals surface area (Å²) < 4.78 is 53.3. The second kappa shape index (κ2) is 38.6. The molecule has 0 atom stereocenters. The molecule has 32 heteroatoms. The van der Waals surface area contributed by atoms with Crippen molar-refractivity contribution >= 4 is 82.4 Å². The first-order valence-corrected chi connectivity index (χ1v) is 32.2. The summed E-state index contributed by atoms with van der Waals surface area (Å²) in [5.74, 6) is 9.33. The van der Waals surface area contributed by atoms with E-state index in [2.05, 4.69) is 56.8 Å². The van der Waals surface area contributed by atoms with Gasteiger partial charge in [0.25, 0.3) is 0 Å². The van der Waals surface area contributed by atoms with Gasteiger partial charge in [-0.25, -0.2) is 9.59 Å². The average Bonchev–Trinajstić information content (AvgIpc) is 0.818. The van der Waals surface area contributed by atoms with Crippen LogP contribution in [0.1, 0.15) is 55.4 Å². The molecule has 12 rings (SSSR count). The maximum Gasteiger partial charge on any atom is 0.349 e. The fourth-order valence-electron chi connectivity index (χ4n) is 8.32. The van der Waals surface area contributed by atoms with E-state index in [9.17, 15) is 9.59 Å². The Balaban J connectivity index is 0.000000226. The number of nitrogens with zero attached hydrogens (tertiary/aromatic N) is 10. The molecule has 4 aliphatic rings. The number of guanidine groups is 2. The Labute approximate surface area is 574 Å². The number of hydrogen-bond acceptors (Lipinski definition) is 24. The van der Waals surface area contributed by atoms with Crippen LogP contribution in [0.15, 0.2) is 112 Å². The minimum absolute atomic E-state index is 0.0240. The lowest BCUT2D eigenvalue weighted by atomic mass is 10.2. The minimum atomic E-state index is -0.380. The molecular formula is C65H90N20O10S2. The number of aryl methyl sites for hydroxylation is 4. The highest BCUT2D eigenvalue weighted by Gasteiger charge is 2.26. The van der Waals surface area contributed by atoms with Crippen LogP contribution in [-0.4, -0.2) is 129 Å². The molecule has 0 aliphatic carbocycles. The summed E-state index contributed by atoms with van der Waals surface area (Å²) in [4.78, 5) is 45.3. The number of benzene rings is 4. The molecule has 0 saturated heterocycles. The van der Waals surface area contributed by atoms with Gasteiger partial charge in [0, 0.05) is 48.3 Å². The van der Waals surface area contributed by atoms with E-state index < -0.39 is 0 Å². The quantitative estimate of drug-likeness (QED) is 0.0186. The second-order valence-corrected chi connectivity index (χ2v) is 20.3. The van der Waals surface area contributed by atoms with Crippen LogP contribution < -0.4 is 98.4 Å². The van der Waals surface area contributed by atoms with Crippen molar-refractivity contribution in [1.82, 2.24) is 53.7 Å². The maximum atomic E-state index is 11.7. The smallest absolute Gasteiger partial charge is 0.349 e. The Hall–Kier alpha value is -10.7. The van der Waals surface area contributed by atoms with Gasteiger partial charge in [-0.15, -0.1) is 0 Å². The molecule has 13 N–H and O–H groups in total. The van der Waals surface area contributed by atoms with Crippen LogP contribution in [-0.2, 0) is 28.2 Å². The SMILES string of the molecule is CC.CC.CC.CC.CN(CCOc1cccc2c1Nc1nc(=O)n(C)cc1O2)C(=N)N.CNCCOc1cccc2c1Nc1nc(=O)n(C)cc1O2.CNCCOc1cccc2c1Nc1nc(=S)n(C)cc1O2.Cn1cc2c(nc1=S)Nc1c(OCCN=C(N)N)cccc1O2. The summed E-state index contributed by atoms with van der Waals surface area (Å²) in [6, 6.07) is 22.1. The van der Waals surface area contributed by atoms with Crippen LogP contribution in [0, 0.1) is 15.0 Å². The van der Waals surface area contributed by atoms with Gasteiger partial charge in [0.2, 0.25) is 9.54 Å². The van der Waals surface area contributed by atoms with Crippen LogP contribution in [0.2, 0.25) is 0 Å². The maximum absolute atomic E-state index is 11.7. The lowest BCUT2D eigenvalue weighted by Crippen LogP contribution is -2.35. The first-order chi connectivity index (χ1) is 46.9. The van der Waals surface area contributed by atoms with Gasteiger partial charge in [0.05, 0.1) is 37.9 Å². The third kappa shape index (κ3) is 20.9. The molecule has 0 spiro atoms. The number of aromatic nitrogens is 8. The molecule has 4 aliphatic heterocycles. The Bertz CT molecular complexity index is 4070. The van der Waals surface area contributed by atoms with Crippen molar-refractivity contribution in [2.75, 3.05) is 95.0 Å². The molecular weight excluding hydrogens is 1280 g/mol. The molecule has 0 bridgehead atoms. The van der Waals surface area contributed by atoms with Gasteiger partial charge in [0.1, 0.15) is 72.2 Å². The number of hydrogen-bond donors (Lipinski definition) is 10. The van der Waals surface area contributed by atoms with Crippen LogP contribution in [0.5, 0.6) is 69.0 Å². The minimum Gasteiger partial charge on any atom is -0.490 e. The predicted octanol–water partition coefficient (Wildman–Crippen LogP) is 10.4. The molecule has 30 nitrogen and oxygen atoms in total. The zero-order valence-corrected chi connectivity index (χ0v) is 59.1. The van der Waals surface area contributed by atoms with Crippen LogP contribution in [0.4, 0.5) is 46.0 Å². The summed E-state index contributed by atoms with van der Waals surface area (Å²) in [5.41, 5.74) is 18.0. The van der Waals surface area contributed by atoms with Gasteiger partial charge in [0.15, 0.2) is 81.2 Å². The molecule has 0 unspecified atom stereocenters. The summed E-state index contributed by atoms with van der Waals surface area (Å²) in [6.07, 6.45) is 6.78. The summed E-state index contributed by atoms with van der Waals surface area (Å²) in [7, 11) is 12.4. The Kier molecular flexibility index (Phi) is 30.7. The first-order valence-electron chi connectivity index (χ1n) is 31.4. The van der Waals surface area contributed by atoms with Crippen molar-refractivity contribution in [3.8, 4) is 69.0 Å². The van der Waals surface area contributed by atoms with Gasteiger partial charge in [-0.3, -0.25) is 19.5 Å². The van der Waals surface area contributed by atoms with Gasteiger partial charge in [-0.1, -0.05) is 79.7 Å². The number of nitrogens with one attached hydrogen (secondary N) is 7. The Morgan fingerprint density at radius 3 is 1.10 bits per heavy atom. The van der Waals surface area contributed by atoms with E-state index in [0.29, 0.717) is 153 Å². The molecule has 0 amide bonds. The number of rotatable bonds is 16. The fraction of sp³-hybridized carbons (Fsp3) is 0.354. The Morgan fingerprint density at radius 1 is 0.495 bits per heavy atom. The second-order valence-electron chi connectivity index (χ2n) is 19.5. The van der Waals surface area contributed by atoms with Gasteiger partial charge < -0.3 is 101 Å². The van der Waals surface area contributed by atoms with Crippen LogP contribution >= 0.6 is 24.4 Å².